The number of hydrogen-bond acceptors (Lipinski definition) is 5. The van der Waals surface area contributed by atoms with E-state index < -0.39 is 0 Å². The molecule has 1 heterocycles. The van der Waals surface area contributed by atoms with Gasteiger partial charge in [-0.15, -0.1) is 0 Å². The van der Waals surface area contributed by atoms with Crippen LogP contribution in [0.3, 0.4) is 0 Å². The van der Waals surface area contributed by atoms with E-state index in [1.165, 1.54) is 6.20 Å². The molecule has 6 nitrogen and oxygen atoms in total. The van der Waals surface area contributed by atoms with Crippen LogP contribution in [0.2, 0.25) is 0 Å². The Morgan fingerprint density at radius 2 is 2.41 bits per heavy atom. The highest BCUT2D eigenvalue weighted by atomic mass is 16.3. The molecule has 1 amide bonds. The lowest BCUT2D eigenvalue weighted by Gasteiger charge is -2.21. The molecular weight excluding hydrogens is 220 g/mol. The first-order chi connectivity index (χ1) is 8.24. The summed E-state index contributed by atoms with van der Waals surface area (Å²) in [6.45, 7) is 3.08. The lowest BCUT2D eigenvalue weighted by atomic mass is 10.2. The van der Waals surface area contributed by atoms with Crippen LogP contribution in [0.25, 0.3) is 0 Å². The number of nitrogens with two attached hydrogens (primary N) is 1. The van der Waals surface area contributed by atoms with Crippen molar-refractivity contribution < 1.29 is 9.90 Å². The first-order valence-electron chi connectivity index (χ1n) is 5.55. The van der Waals surface area contributed by atoms with Crippen molar-refractivity contribution >= 4 is 11.6 Å². The van der Waals surface area contributed by atoms with Gasteiger partial charge in [-0.2, -0.15) is 0 Å². The number of pyridine rings is 1. The van der Waals surface area contributed by atoms with E-state index in [1.807, 2.05) is 6.92 Å². The molecule has 1 aromatic rings. The SMILES string of the molecule is CCN(CCCO)C(=O)c1ccncc1NN. The Kier molecular flexibility index (Phi) is 5.38. The highest BCUT2D eigenvalue weighted by molar-refractivity contribution is 5.99. The van der Waals surface area contributed by atoms with E-state index in [2.05, 4.69) is 10.4 Å². The molecule has 1 aromatic heterocycles. The molecule has 0 saturated carbocycles. The molecule has 0 unspecified atom stereocenters. The van der Waals surface area contributed by atoms with E-state index >= 15 is 0 Å². The summed E-state index contributed by atoms with van der Waals surface area (Å²) in [5, 5.41) is 8.78. The maximum Gasteiger partial charge on any atom is 0.256 e. The van der Waals surface area contributed by atoms with E-state index in [-0.39, 0.29) is 12.5 Å². The van der Waals surface area contributed by atoms with Gasteiger partial charge < -0.3 is 15.4 Å². The topological polar surface area (TPSA) is 91.5 Å². The smallest absolute Gasteiger partial charge is 0.256 e. The first kappa shape index (κ1) is 13.4. The van der Waals surface area contributed by atoms with Crippen LogP contribution in [0.5, 0.6) is 0 Å². The van der Waals surface area contributed by atoms with Crippen LogP contribution in [0.1, 0.15) is 23.7 Å². The van der Waals surface area contributed by atoms with Crippen LogP contribution in [0.4, 0.5) is 5.69 Å². The van der Waals surface area contributed by atoms with Crippen molar-refractivity contribution in [3.63, 3.8) is 0 Å². The average molecular weight is 238 g/mol. The standard InChI is InChI=1S/C11H18N4O2/c1-2-15(6-3-7-16)11(17)9-4-5-13-8-10(9)14-12/h4-5,8,14,16H,2-3,6-7,12H2,1H3. The zero-order chi connectivity index (χ0) is 12.7. The summed E-state index contributed by atoms with van der Waals surface area (Å²) in [5.74, 6) is 5.21. The summed E-state index contributed by atoms with van der Waals surface area (Å²) in [4.78, 5) is 17.7. The van der Waals surface area contributed by atoms with Crippen molar-refractivity contribution in [3.8, 4) is 0 Å². The highest BCUT2D eigenvalue weighted by Crippen LogP contribution is 2.14. The number of carbonyl (C=O) groups is 1. The maximum absolute atomic E-state index is 12.2. The number of nitrogens with zero attached hydrogens (tertiary/aromatic N) is 2. The molecule has 0 atom stereocenters. The Morgan fingerprint density at radius 1 is 1.65 bits per heavy atom. The van der Waals surface area contributed by atoms with Crippen LogP contribution >= 0.6 is 0 Å². The monoisotopic (exact) mass is 238 g/mol. The lowest BCUT2D eigenvalue weighted by molar-refractivity contribution is 0.0755. The molecule has 17 heavy (non-hydrogen) atoms. The van der Waals surface area contributed by atoms with Gasteiger partial charge in [-0.25, -0.2) is 0 Å². The Hall–Kier alpha value is -1.66. The number of hydrogen-bond donors (Lipinski definition) is 3. The average Bonchev–Trinajstić information content (AvgIpc) is 2.39. The minimum absolute atomic E-state index is 0.0715. The zero-order valence-electron chi connectivity index (χ0n) is 9.89. The molecular formula is C11H18N4O2. The van der Waals surface area contributed by atoms with Gasteiger partial charge in [-0.05, 0) is 19.4 Å². The van der Waals surface area contributed by atoms with E-state index in [0.29, 0.717) is 30.8 Å². The van der Waals surface area contributed by atoms with Gasteiger partial charge in [0.15, 0.2) is 0 Å². The minimum Gasteiger partial charge on any atom is -0.396 e. The van der Waals surface area contributed by atoms with Gasteiger partial charge in [0.2, 0.25) is 0 Å². The predicted molar refractivity (Wildman–Crippen MR) is 65.3 cm³/mol. The Labute approximate surface area is 100 Å². The number of anilines is 1. The van der Waals surface area contributed by atoms with Gasteiger partial charge in [-0.3, -0.25) is 15.6 Å². The number of amides is 1. The number of aliphatic hydroxyl groups is 1. The van der Waals surface area contributed by atoms with E-state index in [4.69, 9.17) is 10.9 Å². The van der Waals surface area contributed by atoms with Gasteiger partial charge in [0.25, 0.3) is 5.91 Å². The molecule has 0 aromatic carbocycles. The van der Waals surface area contributed by atoms with Crippen molar-refractivity contribution in [2.24, 2.45) is 5.84 Å². The van der Waals surface area contributed by atoms with Crippen LogP contribution in [0.15, 0.2) is 18.5 Å². The minimum atomic E-state index is -0.115. The molecule has 94 valence electrons. The number of rotatable bonds is 6. The lowest BCUT2D eigenvalue weighted by Crippen LogP contribution is -2.33. The van der Waals surface area contributed by atoms with Crippen molar-refractivity contribution in [2.75, 3.05) is 25.1 Å². The Morgan fingerprint density at radius 3 is 3.00 bits per heavy atom. The zero-order valence-corrected chi connectivity index (χ0v) is 9.89. The summed E-state index contributed by atoms with van der Waals surface area (Å²) in [5.41, 5.74) is 3.44. The number of aliphatic hydroxyl groups excluding tert-OH is 1. The predicted octanol–water partition coefficient (Wildman–Crippen LogP) is 0.212. The van der Waals surface area contributed by atoms with Crippen LogP contribution < -0.4 is 11.3 Å². The van der Waals surface area contributed by atoms with Gasteiger partial charge in [-0.1, -0.05) is 0 Å². The van der Waals surface area contributed by atoms with Crippen molar-refractivity contribution in [2.45, 2.75) is 13.3 Å². The highest BCUT2D eigenvalue weighted by Gasteiger charge is 2.16. The number of hydrazine groups is 1. The van der Waals surface area contributed by atoms with Gasteiger partial charge in [0.05, 0.1) is 17.4 Å². The normalized spacial score (nSPS) is 10.1. The number of nitrogens with one attached hydrogen (secondary N) is 1. The summed E-state index contributed by atoms with van der Waals surface area (Å²) in [6.07, 6.45) is 3.62. The van der Waals surface area contributed by atoms with Crippen LogP contribution in [-0.2, 0) is 0 Å². The van der Waals surface area contributed by atoms with E-state index in [1.54, 1.807) is 17.2 Å². The molecule has 1 rings (SSSR count). The summed E-state index contributed by atoms with van der Waals surface area (Å²) >= 11 is 0. The first-order valence-corrected chi connectivity index (χ1v) is 5.55. The number of carbonyl (C=O) groups excluding carboxylic acids is 1. The summed E-state index contributed by atoms with van der Waals surface area (Å²) in [6, 6.07) is 1.62. The van der Waals surface area contributed by atoms with Crippen molar-refractivity contribution in [1.29, 1.82) is 0 Å². The molecule has 0 saturated heterocycles. The number of aromatic nitrogens is 1. The van der Waals surface area contributed by atoms with E-state index in [0.717, 1.165) is 0 Å². The molecule has 0 fully saturated rings. The second-order valence-electron chi connectivity index (χ2n) is 3.53. The summed E-state index contributed by atoms with van der Waals surface area (Å²) < 4.78 is 0. The fraction of sp³-hybridized carbons (Fsp3) is 0.455. The van der Waals surface area contributed by atoms with Gasteiger partial charge in [0.1, 0.15) is 0 Å². The third-order valence-electron chi connectivity index (χ3n) is 2.46. The molecule has 6 heteroatoms. The maximum atomic E-state index is 12.2. The van der Waals surface area contributed by atoms with Crippen LogP contribution in [-0.4, -0.2) is 40.6 Å². The fourth-order valence-electron chi connectivity index (χ4n) is 1.53. The van der Waals surface area contributed by atoms with Gasteiger partial charge in [0, 0.05) is 25.9 Å². The van der Waals surface area contributed by atoms with Crippen molar-refractivity contribution in [3.05, 3.63) is 24.0 Å². The molecule has 4 N–H and O–H groups in total. The second kappa shape index (κ2) is 6.82. The van der Waals surface area contributed by atoms with Crippen LogP contribution in [0, 0.1) is 0 Å². The molecule has 0 aliphatic carbocycles. The van der Waals surface area contributed by atoms with Crippen molar-refractivity contribution in [1.82, 2.24) is 9.88 Å². The molecule has 0 aliphatic rings. The number of nitrogen functional groups attached to an aromatic ring is 1. The van der Waals surface area contributed by atoms with Gasteiger partial charge >= 0.3 is 0 Å². The molecule has 0 spiro atoms. The summed E-state index contributed by atoms with van der Waals surface area (Å²) in [7, 11) is 0. The molecule has 0 aliphatic heterocycles. The largest absolute Gasteiger partial charge is 0.396 e. The second-order valence-corrected chi connectivity index (χ2v) is 3.53. The third kappa shape index (κ3) is 3.40. The molecule has 0 bridgehead atoms. The quantitative estimate of drug-likeness (QED) is 0.487. The van der Waals surface area contributed by atoms with E-state index in [9.17, 15) is 4.79 Å². The molecule has 0 radical (unpaired) electrons. The fourth-order valence-corrected chi connectivity index (χ4v) is 1.53. The Balaban J connectivity index is 2.85. The third-order valence-corrected chi connectivity index (χ3v) is 2.46. The Bertz CT molecular complexity index is 370.